The van der Waals surface area contributed by atoms with E-state index in [9.17, 15) is 14.4 Å². The first-order valence-corrected chi connectivity index (χ1v) is 9.59. The van der Waals surface area contributed by atoms with E-state index < -0.39 is 23.6 Å². The van der Waals surface area contributed by atoms with E-state index in [0.717, 1.165) is 24.2 Å². The van der Waals surface area contributed by atoms with Crippen molar-refractivity contribution in [3.05, 3.63) is 14.7 Å². The van der Waals surface area contributed by atoms with E-state index in [2.05, 4.69) is 21.2 Å². The van der Waals surface area contributed by atoms with Gasteiger partial charge < -0.3 is 15.8 Å². The molecule has 0 spiro atoms. The standard InChI is InChI=1S/C16H22BrN3O4S/c1-16(2,3)24-15(23)20-7-5-4-6-10(20)14(22)19-9-8-11(17)25-12(9)13(18)21/h8,10H,4-7H2,1-3H3,(H2,18,21)(H,19,22). The van der Waals surface area contributed by atoms with Gasteiger partial charge in [-0.2, -0.15) is 0 Å². The number of nitrogens with zero attached hydrogens (tertiary/aromatic N) is 1. The van der Waals surface area contributed by atoms with Crippen LogP contribution in [0.25, 0.3) is 0 Å². The molecule has 0 saturated carbocycles. The van der Waals surface area contributed by atoms with Crippen LogP contribution in [0, 0.1) is 0 Å². The Labute approximate surface area is 159 Å². The molecule has 2 rings (SSSR count). The Hall–Kier alpha value is -1.61. The molecule has 1 saturated heterocycles. The van der Waals surface area contributed by atoms with E-state index in [-0.39, 0.29) is 10.8 Å². The lowest BCUT2D eigenvalue weighted by molar-refractivity contribution is -0.122. The van der Waals surface area contributed by atoms with Crippen LogP contribution in [0.4, 0.5) is 10.5 Å². The second-order valence-electron chi connectivity index (χ2n) is 6.83. The van der Waals surface area contributed by atoms with Crippen LogP contribution in [-0.4, -0.2) is 41.0 Å². The van der Waals surface area contributed by atoms with Crippen LogP contribution >= 0.6 is 27.3 Å². The van der Waals surface area contributed by atoms with Gasteiger partial charge in [-0.1, -0.05) is 0 Å². The van der Waals surface area contributed by atoms with Gasteiger partial charge in [0.25, 0.3) is 5.91 Å². The van der Waals surface area contributed by atoms with E-state index in [1.165, 1.54) is 4.90 Å². The van der Waals surface area contributed by atoms with Gasteiger partial charge in [0.05, 0.1) is 9.47 Å². The number of hydrogen-bond acceptors (Lipinski definition) is 5. The summed E-state index contributed by atoms with van der Waals surface area (Å²) < 4.78 is 6.09. The summed E-state index contributed by atoms with van der Waals surface area (Å²) >= 11 is 4.43. The van der Waals surface area contributed by atoms with Gasteiger partial charge in [-0.05, 0) is 62.0 Å². The van der Waals surface area contributed by atoms with Crippen molar-refractivity contribution < 1.29 is 19.1 Å². The molecule has 7 nitrogen and oxygen atoms in total. The highest BCUT2D eigenvalue weighted by Gasteiger charge is 2.35. The molecule has 1 fully saturated rings. The average molecular weight is 432 g/mol. The summed E-state index contributed by atoms with van der Waals surface area (Å²) in [5, 5.41) is 2.72. The zero-order valence-corrected chi connectivity index (χ0v) is 16.8. The highest BCUT2D eigenvalue weighted by atomic mass is 79.9. The van der Waals surface area contributed by atoms with Crippen molar-refractivity contribution in [2.45, 2.75) is 51.7 Å². The summed E-state index contributed by atoms with van der Waals surface area (Å²) in [7, 11) is 0. The molecule has 0 bridgehead atoms. The van der Waals surface area contributed by atoms with Gasteiger partial charge in [-0.15, -0.1) is 11.3 Å². The fraction of sp³-hybridized carbons (Fsp3) is 0.562. The van der Waals surface area contributed by atoms with Crippen LogP contribution in [0.1, 0.15) is 49.7 Å². The van der Waals surface area contributed by atoms with Gasteiger partial charge in [-0.25, -0.2) is 4.79 Å². The van der Waals surface area contributed by atoms with E-state index in [1.807, 2.05) is 0 Å². The molecular weight excluding hydrogens is 410 g/mol. The molecule has 138 valence electrons. The second kappa shape index (κ2) is 7.74. The third-order valence-electron chi connectivity index (χ3n) is 3.62. The highest BCUT2D eigenvalue weighted by Crippen LogP contribution is 2.31. The molecule has 1 unspecified atom stereocenters. The Balaban J connectivity index is 2.15. The van der Waals surface area contributed by atoms with Crippen molar-refractivity contribution >= 4 is 50.9 Å². The molecule has 0 radical (unpaired) electrons. The number of rotatable bonds is 3. The number of carbonyl (C=O) groups excluding carboxylic acids is 3. The summed E-state index contributed by atoms with van der Waals surface area (Å²) in [6.07, 6.45) is 1.70. The molecule has 2 heterocycles. The summed E-state index contributed by atoms with van der Waals surface area (Å²) in [6, 6.07) is 0.992. The smallest absolute Gasteiger partial charge is 0.410 e. The van der Waals surface area contributed by atoms with Crippen molar-refractivity contribution in [3.63, 3.8) is 0 Å². The summed E-state index contributed by atoms with van der Waals surface area (Å²) in [6.45, 7) is 5.81. The maximum absolute atomic E-state index is 12.7. The van der Waals surface area contributed by atoms with E-state index in [1.54, 1.807) is 26.8 Å². The minimum Gasteiger partial charge on any atom is -0.444 e. The third kappa shape index (κ3) is 5.18. The van der Waals surface area contributed by atoms with E-state index >= 15 is 0 Å². The topological polar surface area (TPSA) is 102 Å². The Morgan fingerprint density at radius 3 is 2.64 bits per heavy atom. The number of nitrogens with two attached hydrogens (primary N) is 1. The number of halogens is 1. The molecule has 9 heteroatoms. The molecule has 1 aliphatic heterocycles. The van der Waals surface area contributed by atoms with Gasteiger partial charge >= 0.3 is 6.09 Å². The maximum atomic E-state index is 12.7. The summed E-state index contributed by atoms with van der Waals surface area (Å²) in [5.74, 6) is -0.961. The Morgan fingerprint density at radius 1 is 1.36 bits per heavy atom. The van der Waals surface area contributed by atoms with Gasteiger partial charge in [0.2, 0.25) is 5.91 Å². The summed E-state index contributed by atoms with van der Waals surface area (Å²) in [5.41, 5.74) is 5.06. The molecule has 1 atom stereocenters. The van der Waals surface area contributed by atoms with Crippen molar-refractivity contribution in [2.75, 3.05) is 11.9 Å². The molecule has 1 aromatic heterocycles. The first-order valence-electron chi connectivity index (χ1n) is 7.98. The first-order chi connectivity index (χ1) is 11.6. The van der Waals surface area contributed by atoms with Gasteiger partial charge in [-0.3, -0.25) is 14.5 Å². The molecule has 0 aromatic carbocycles. The number of likely N-dealkylation sites (tertiary alicyclic amines) is 1. The van der Waals surface area contributed by atoms with Crippen LogP contribution in [0.5, 0.6) is 0 Å². The maximum Gasteiger partial charge on any atom is 0.410 e. The van der Waals surface area contributed by atoms with Gasteiger partial charge in [0.1, 0.15) is 16.5 Å². The van der Waals surface area contributed by atoms with Gasteiger partial charge in [0.15, 0.2) is 0 Å². The number of thiophene rings is 1. The molecule has 3 amide bonds. The predicted octanol–water partition coefficient (Wildman–Crippen LogP) is 3.34. The average Bonchev–Trinajstić information content (AvgIpc) is 2.86. The normalized spacial score (nSPS) is 17.9. The summed E-state index contributed by atoms with van der Waals surface area (Å²) in [4.78, 5) is 38.3. The lowest BCUT2D eigenvalue weighted by atomic mass is 10.0. The van der Waals surface area contributed by atoms with Crippen molar-refractivity contribution in [3.8, 4) is 0 Å². The first kappa shape index (κ1) is 19.7. The highest BCUT2D eigenvalue weighted by molar-refractivity contribution is 9.11. The number of amides is 3. The zero-order valence-electron chi connectivity index (χ0n) is 14.4. The minimum absolute atomic E-state index is 0.264. The number of ether oxygens (including phenoxy) is 1. The number of primary amides is 1. The SMILES string of the molecule is CC(C)(C)OC(=O)N1CCCCC1C(=O)Nc1cc(Br)sc1C(N)=O. The Kier molecular flexibility index (Phi) is 6.10. The van der Waals surface area contributed by atoms with Crippen molar-refractivity contribution in [2.24, 2.45) is 5.73 Å². The molecule has 25 heavy (non-hydrogen) atoms. The number of piperidine rings is 1. The fourth-order valence-corrected chi connectivity index (χ4v) is 4.00. The van der Waals surface area contributed by atoms with Gasteiger partial charge in [0, 0.05) is 6.54 Å². The molecule has 3 N–H and O–H groups in total. The number of carbonyl (C=O) groups is 3. The fourth-order valence-electron chi connectivity index (χ4n) is 2.60. The number of hydrogen-bond donors (Lipinski definition) is 2. The van der Waals surface area contributed by atoms with E-state index in [0.29, 0.717) is 22.4 Å². The zero-order chi connectivity index (χ0) is 18.8. The monoisotopic (exact) mass is 431 g/mol. The van der Waals surface area contributed by atoms with Crippen LogP contribution < -0.4 is 11.1 Å². The third-order valence-corrected chi connectivity index (χ3v) is 5.27. The lowest BCUT2D eigenvalue weighted by Crippen LogP contribution is -2.51. The van der Waals surface area contributed by atoms with E-state index in [4.69, 9.17) is 10.5 Å². The minimum atomic E-state index is -0.636. The largest absolute Gasteiger partial charge is 0.444 e. The Morgan fingerprint density at radius 2 is 2.04 bits per heavy atom. The molecule has 1 aliphatic rings. The Bertz CT molecular complexity index is 683. The quantitative estimate of drug-likeness (QED) is 0.765. The number of anilines is 1. The second-order valence-corrected chi connectivity index (χ2v) is 9.26. The van der Waals surface area contributed by atoms with Crippen molar-refractivity contribution in [1.82, 2.24) is 4.90 Å². The van der Waals surface area contributed by atoms with Crippen LogP contribution in [0.3, 0.4) is 0 Å². The predicted molar refractivity (Wildman–Crippen MR) is 99.7 cm³/mol. The number of nitrogens with one attached hydrogen (secondary N) is 1. The van der Waals surface area contributed by atoms with Crippen LogP contribution in [0.2, 0.25) is 0 Å². The van der Waals surface area contributed by atoms with Crippen molar-refractivity contribution in [1.29, 1.82) is 0 Å². The van der Waals surface area contributed by atoms with Crippen LogP contribution in [0.15, 0.2) is 9.85 Å². The lowest BCUT2D eigenvalue weighted by Gasteiger charge is -2.35. The molecule has 0 aliphatic carbocycles. The molecule has 1 aromatic rings. The van der Waals surface area contributed by atoms with Crippen LogP contribution in [-0.2, 0) is 9.53 Å². The molecular formula is C16H22BrN3O4S.